The molecule has 4 rings (SSSR count). The fraction of sp³-hybridized carbons (Fsp3) is 0.769. The van der Waals surface area contributed by atoms with Gasteiger partial charge in [0.25, 0.3) is 0 Å². The molecule has 2 heterocycles. The van der Waals surface area contributed by atoms with E-state index in [2.05, 4.69) is 16.7 Å². The molecule has 0 bridgehead atoms. The lowest BCUT2D eigenvalue weighted by Crippen LogP contribution is -2.56. The Labute approximate surface area is 207 Å². The number of hydrogen-bond acceptors (Lipinski definition) is 6. The number of methoxy groups -OCH3 is 1. The van der Waals surface area contributed by atoms with Gasteiger partial charge < -0.3 is 25.0 Å². The van der Waals surface area contributed by atoms with E-state index in [4.69, 9.17) is 9.47 Å². The Morgan fingerprint density at radius 1 is 1.11 bits per heavy atom. The van der Waals surface area contributed by atoms with E-state index < -0.39 is 29.7 Å². The first-order valence-electron chi connectivity index (χ1n) is 13.2. The van der Waals surface area contributed by atoms with Crippen molar-refractivity contribution in [2.75, 3.05) is 13.7 Å². The number of carbonyl (C=O) groups excluding carboxylic acids is 4. The Bertz CT molecular complexity index is 854. The largest absolute Gasteiger partial charge is 0.467 e. The smallest absolute Gasteiger partial charge is 0.408 e. The number of nitrogens with zero attached hydrogens (tertiary/aromatic N) is 1. The van der Waals surface area contributed by atoms with Gasteiger partial charge in [-0.05, 0) is 63.7 Å². The summed E-state index contributed by atoms with van der Waals surface area (Å²) >= 11 is 0. The molecule has 2 N–H and O–H groups in total. The lowest BCUT2D eigenvalue weighted by atomic mass is 10.0. The van der Waals surface area contributed by atoms with Gasteiger partial charge >= 0.3 is 12.1 Å². The normalized spacial score (nSPS) is 35.1. The molecule has 4 aliphatic rings. The van der Waals surface area contributed by atoms with Gasteiger partial charge in [-0.15, -0.1) is 0 Å². The summed E-state index contributed by atoms with van der Waals surface area (Å²) in [6.07, 6.45) is 12.2. The van der Waals surface area contributed by atoms with Gasteiger partial charge in [0.2, 0.25) is 11.8 Å². The number of hydrogen-bond donors (Lipinski definition) is 2. The highest BCUT2D eigenvalue weighted by Crippen LogP contribution is 2.46. The van der Waals surface area contributed by atoms with Crippen LogP contribution in [0.25, 0.3) is 0 Å². The fourth-order valence-electron chi connectivity index (χ4n) is 5.81. The summed E-state index contributed by atoms with van der Waals surface area (Å²) in [5, 5.41) is 5.74. The monoisotopic (exact) mass is 489 g/mol. The van der Waals surface area contributed by atoms with E-state index >= 15 is 0 Å². The van der Waals surface area contributed by atoms with Crippen molar-refractivity contribution >= 4 is 23.9 Å². The maximum Gasteiger partial charge on any atom is 0.408 e. The van der Waals surface area contributed by atoms with Crippen LogP contribution in [0, 0.1) is 11.8 Å². The summed E-state index contributed by atoms with van der Waals surface area (Å²) in [6, 6.07) is -1.43. The van der Waals surface area contributed by atoms with Gasteiger partial charge in [-0.2, -0.15) is 0 Å². The van der Waals surface area contributed by atoms with Crippen LogP contribution in [0.4, 0.5) is 4.79 Å². The van der Waals surface area contributed by atoms with Gasteiger partial charge in [-0.25, -0.2) is 9.59 Å². The van der Waals surface area contributed by atoms with Crippen LogP contribution in [0.3, 0.4) is 0 Å². The topological polar surface area (TPSA) is 114 Å². The molecule has 3 fully saturated rings. The fourth-order valence-corrected chi connectivity index (χ4v) is 5.81. The standard InChI is InChI=1S/C26H39N3O6/c1-17-14-21-22(30)28-26(24(32)34-2)15-18(26)10-6-4-3-5-7-13-20(23(31)29(21)16-17)27-25(33)35-19-11-8-9-12-19/h6,10,17-21H,3-5,7-9,11-16H2,1-2H3,(H,27,33)(H,28,30)/b10-6-/t17-,18-,20-,21-,26+/m0/s1. The second-order valence-electron chi connectivity index (χ2n) is 10.7. The molecule has 0 radical (unpaired) electrons. The third kappa shape index (κ3) is 5.81. The van der Waals surface area contributed by atoms with Gasteiger partial charge in [0.1, 0.15) is 23.7 Å². The third-order valence-electron chi connectivity index (χ3n) is 7.90. The van der Waals surface area contributed by atoms with Crippen LogP contribution in [0.5, 0.6) is 0 Å². The highest BCUT2D eigenvalue weighted by molar-refractivity contribution is 5.96. The predicted octanol–water partition coefficient (Wildman–Crippen LogP) is 2.83. The van der Waals surface area contributed by atoms with Gasteiger partial charge in [0.15, 0.2) is 0 Å². The number of allylic oxidation sites excluding steroid dienone is 1. The Balaban J connectivity index is 1.52. The minimum atomic E-state index is -1.06. The number of ether oxygens (including phenoxy) is 2. The van der Waals surface area contributed by atoms with Gasteiger partial charge in [-0.3, -0.25) is 9.59 Å². The molecule has 0 spiro atoms. The van der Waals surface area contributed by atoms with E-state index in [0.29, 0.717) is 25.8 Å². The maximum atomic E-state index is 13.7. The quantitative estimate of drug-likeness (QED) is 0.466. The van der Waals surface area contributed by atoms with E-state index in [9.17, 15) is 19.2 Å². The van der Waals surface area contributed by atoms with Crippen LogP contribution >= 0.6 is 0 Å². The number of esters is 1. The van der Waals surface area contributed by atoms with Gasteiger partial charge in [0, 0.05) is 12.5 Å². The van der Waals surface area contributed by atoms with E-state index in [1.165, 1.54) is 7.11 Å². The summed E-state index contributed by atoms with van der Waals surface area (Å²) < 4.78 is 10.6. The molecule has 3 amide bonds. The lowest BCUT2D eigenvalue weighted by molar-refractivity contribution is -0.148. The highest BCUT2D eigenvalue weighted by Gasteiger charge is 2.62. The molecule has 5 atom stereocenters. The Hall–Kier alpha value is -2.58. The molecule has 9 heteroatoms. The molecule has 9 nitrogen and oxygen atoms in total. The summed E-state index contributed by atoms with van der Waals surface area (Å²) in [7, 11) is 1.33. The van der Waals surface area contributed by atoms with E-state index in [-0.39, 0.29) is 29.8 Å². The molecule has 2 aliphatic carbocycles. The number of nitrogens with one attached hydrogen (secondary N) is 2. The van der Waals surface area contributed by atoms with Crippen molar-refractivity contribution in [2.45, 2.75) is 101 Å². The molecular weight excluding hydrogens is 450 g/mol. The zero-order chi connectivity index (χ0) is 25.0. The number of amides is 3. The van der Waals surface area contributed by atoms with Crippen LogP contribution in [0.15, 0.2) is 12.2 Å². The number of alkyl carbamates (subject to hydrolysis) is 1. The Morgan fingerprint density at radius 3 is 2.60 bits per heavy atom. The SMILES string of the molecule is COC(=O)[C@@]12C[C@@H]1/C=C\CCCCC[C@H](NC(=O)OC1CCCC1)C(=O)N1C[C@@H](C)C[C@H]1C(=O)N2. The van der Waals surface area contributed by atoms with Crippen molar-refractivity contribution in [3.05, 3.63) is 12.2 Å². The highest BCUT2D eigenvalue weighted by atomic mass is 16.6. The molecule has 0 aromatic heterocycles. The zero-order valence-electron chi connectivity index (χ0n) is 20.9. The maximum absolute atomic E-state index is 13.7. The first kappa shape index (κ1) is 25.5. The number of carbonyl (C=O) groups is 4. The minimum absolute atomic E-state index is 0.0921. The number of fused-ring (bicyclic) bond motifs is 2. The predicted molar refractivity (Wildman–Crippen MR) is 128 cm³/mol. The van der Waals surface area contributed by atoms with Gasteiger partial charge in [0.05, 0.1) is 7.11 Å². The van der Waals surface area contributed by atoms with Crippen LogP contribution in [0.2, 0.25) is 0 Å². The summed E-state index contributed by atoms with van der Waals surface area (Å²) in [5.74, 6) is -1.03. The van der Waals surface area contributed by atoms with Crippen molar-refractivity contribution < 1.29 is 28.7 Å². The first-order valence-corrected chi connectivity index (χ1v) is 13.2. The van der Waals surface area contributed by atoms with Crippen LogP contribution in [-0.4, -0.2) is 66.2 Å². The second kappa shape index (κ2) is 11.0. The summed E-state index contributed by atoms with van der Waals surface area (Å²) in [6.45, 7) is 2.43. The van der Waals surface area contributed by atoms with Crippen molar-refractivity contribution in [1.82, 2.24) is 15.5 Å². The Kier molecular flexibility index (Phi) is 8.02. The summed E-state index contributed by atoms with van der Waals surface area (Å²) in [4.78, 5) is 53.8. The van der Waals surface area contributed by atoms with Crippen molar-refractivity contribution in [3.63, 3.8) is 0 Å². The van der Waals surface area contributed by atoms with E-state index in [1.54, 1.807) is 4.90 Å². The molecule has 2 aliphatic heterocycles. The van der Waals surface area contributed by atoms with Crippen LogP contribution in [0.1, 0.15) is 77.6 Å². The van der Waals surface area contributed by atoms with Crippen LogP contribution in [-0.2, 0) is 23.9 Å². The molecule has 0 aromatic carbocycles. The molecule has 2 saturated carbocycles. The zero-order valence-corrected chi connectivity index (χ0v) is 20.9. The molecule has 0 aromatic rings. The molecule has 194 valence electrons. The van der Waals surface area contributed by atoms with Crippen LogP contribution < -0.4 is 10.6 Å². The average molecular weight is 490 g/mol. The first-order chi connectivity index (χ1) is 16.8. The van der Waals surface area contributed by atoms with E-state index in [0.717, 1.165) is 51.4 Å². The average Bonchev–Trinajstić information content (AvgIpc) is 3.14. The Morgan fingerprint density at radius 2 is 1.86 bits per heavy atom. The minimum Gasteiger partial charge on any atom is -0.467 e. The van der Waals surface area contributed by atoms with Crippen molar-refractivity contribution in [3.8, 4) is 0 Å². The molecule has 0 unspecified atom stereocenters. The van der Waals surface area contributed by atoms with Crippen molar-refractivity contribution in [1.29, 1.82) is 0 Å². The molecule has 35 heavy (non-hydrogen) atoms. The molecule has 1 saturated heterocycles. The third-order valence-corrected chi connectivity index (χ3v) is 7.90. The lowest BCUT2D eigenvalue weighted by Gasteiger charge is -2.30. The summed E-state index contributed by atoms with van der Waals surface area (Å²) in [5.41, 5.74) is -1.06. The van der Waals surface area contributed by atoms with E-state index in [1.807, 2.05) is 13.0 Å². The number of rotatable bonds is 3. The van der Waals surface area contributed by atoms with Gasteiger partial charge in [-0.1, -0.05) is 31.9 Å². The second-order valence-corrected chi connectivity index (χ2v) is 10.7. The van der Waals surface area contributed by atoms with Crippen molar-refractivity contribution in [2.24, 2.45) is 11.8 Å². The molecular formula is C26H39N3O6.